The molecule has 3 nitrogen and oxygen atoms in total. The van der Waals surface area contributed by atoms with Crippen molar-refractivity contribution in [3.63, 3.8) is 0 Å². The minimum atomic E-state index is -0.593. The van der Waals surface area contributed by atoms with Gasteiger partial charge in [0.1, 0.15) is 0 Å². The molecule has 0 saturated heterocycles. The summed E-state index contributed by atoms with van der Waals surface area (Å²) in [7, 11) is 0. The number of ketones is 1. The SMILES string of the molecule is O=C1C(=O)N(Cc2ccc(Cl)c(Cl)c2)c2c(Cl)cccc21. The van der Waals surface area contributed by atoms with Crippen molar-refractivity contribution >= 4 is 52.2 Å². The van der Waals surface area contributed by atoms with E-state index in [4.69, 9.17) is 34.8 Å². The van der Waals surface area contributed by atoms with E-state index in [1.807, 2.05) is 0 Å². The Morgan fingerprint density at radius 3 is 2.38 bits per heavy atom. The molecule has 1 aliphatic heterocycles. The van der Waals surface area contributed by atoms with Crippen molar-refractivity contribution in [2.75, 3.05) is 4.90 Å². The molecule has 0 unspecified atom stereocenters. The number of para-hydroxylation sites is 1. The van der Waals surface area contributed by atoms with E-state index in [0.717, 1.165) is 5.56 Å². The molecule has 1 amide bonds. The molecule has 0 atom stereocenters. The van der Waals surface area contributed by atoms with Gasteiger partial charge >= 0.3 is 0 Å². The molecule has 2 aromatic rings. The third kappa shape index (κ3) is 2.42. The van der Waals surface area contributed by atoms with Crippen molar-refractivity contribution in [3.8, 4) is 0 Å². The van der Waals surface area contributed by atoms with Gasteiger partial charge in [0.2, 0.25) is 0 Å². The highest BCUT2D eigenvalue weighted by Crippen LogP contribution is 2.37. The Labute approximate surface area is 136 Å². The second-order valence-electron chi connectivity index (χ2n) is 4.60. The first kappa shape index (κ1) is 14.4. The van der Waals surface area contributed by atoms with E-state index < -0.39 is 11.7 Å². The summed E-state index contributed by atoms with van der Waals surface area (Å²) in [6.45, 7) is 0.207. The summed E-state index contributed by atoms with van der Waals surface area (Å²) in [5.74, 6) is -1.14. The number of amides is 1. The van der Waals surface area contributed by atoms with Gasteiger partial charge in [-0.1, -0.05) is 46.9 Å². The van der Waals surface area contributed by atoms with Crippen LogP contribution in [0.5, 0.6) is 0 Å². The molecule has 0 aromatic heterocycles. The number of anilines is 1. The van der Waals surface area contributed by atoms with Gasteiger partial charge in [-0.15, -0.1) is 0 Å². The van der Waals surface area contributed by atoms with Crippen molar-refractivity contribution in [3.05, 3.63) is 62.6 Å². The minimum absolute atomic E-state index is 0.207. The Kier molecular flexibility index (Phi) is 3.66. The highest BCUT2D eigenvalue weighted by Gasteiger charge is 2.37. The second kappa shape index (κ2) is 5.34. The Balaban J connectivity index is 2.02. The van der Waals surface area contributed by atoms with Crippen molar-refractivity contribution in [2.45, 2.75) is 6.54 Å². The van der Waals surface area contributed by atoms with Gasteiger partial charge in [0.25, 0.3) is 11.7 Å². The number of nitrogens with zero attached hydrogens (tertiary/aromatic N) is 1. The monoisotopic (exact) mass is 339 g/mol. The summed E-state index contributed by atoms with van der Waals surface area (Å²) in [5, 5.41) is 1.20. The van der Waals surface area contributed by atoms with Crippen LogP contribution in [0.1, 0.15) is 15.9 Å². The third-order valence-corrected chi connectivity index (χ3v) is 4.31. The van der Waals surface area contributed by atoms with Crippen LogP contribution in [0.25, 0.3) is 0 Å². The number of benzene rings is 2. The normalized spacial score (nSPS) is 13.8. The number of carbonyl (C=O) groups excluding carboxylic acids is 2. The van der Waals surface area contributed by atoms with E-state index >= 15 is 0 Å². The fraction of sp³-hybridized carbons (Fsp3) is 0.0667. The molecule has 0 radical (unpaired) electrons. The number of hydrogen-bond acceptors (Lipinski definition) is 2. The number of carbonyl (C=O) groups is 2. The fourth-order valence-corrected chi connectivity index (χ4v) is 2.88. The van der Waals surface area contributed by atoms with Crippen LogP contribution in [0.3, 0.4) is 0 Å². The van der Waals surface area contributed by atoms with Crippen LogP contribution in [0.15, 0.2) is 36.4 Å². The van der Waals surface area contributed by atoms with Gasteiger partial charge in [-0.05, 0) is 29.8 Å². The lowest BCUT2D eigenvalue weighted by Gasteiger charge is -2.18. The lowest BCUT2D eigenvalue weighted by Crippen LogP contribution is -2.29. The van der Waals surface area contributed by atoms with Gasteiger partial charge in [-0.2, -0.15) is 0 Å². The summed E-state index contributed by atoms with van der Waals surface area (Å²) >= 11 is 18.0. The molecule has 21 heavy (non-hydrogen) atoms. The van der Waals surface area contributed by atoms with E-state index in [-0.39, 0.29) is 6.54 Å². The van der Waals surface area contributed by atoms with Gasteiger partial charge in [0, 0.05) is 0 Å². The minimum Gasteiger partial charge on any atom is -0.299 e. The Morgan fingerprint density at radius 1 is 0.905 bits per heavy atom. The third-order valence-electron chi connectivity index (χ3n) is 3.27. The van der Waals surface area contributed by atoms with Gasteiger partial charge in [-0.25, -0.2) is 0 Å². The lowest BCUT2D eigenvalue weighted by molar-refractivity contribution is -0.114. The lowest BCUT2D eigenvalue weighted by atomic mass is 10.1. The molecule has 0 spiro atoms. The smallest absolute Gasteiger partial charge is 0.299 e. The highest BCUT2D eigenvalue weighted by molar-refractivity contribution is 6.54. The predicted molar refractivity (Wildman–Crippen MR) is 83.4 cm³/mol. The first-order chi connectivity index (χ1) is 9.99. The van der Waals surface area contributed by atoms with Gasteiger partial charge < -0.3 is 0 Å². The number of Topliss-reactive ketones (excluding diaryl/α,β-unsaturated/α-hetero) is 1. The van der Waals surface area contributed by atoms with Crippen molar-refractivity contribution in [2.24, 2.45) is 0 Å². The average molecular weight is 341 g/mol. The number of rotatable bonds is 2. The maximum atomic E-state index is 12.1. The summed E-state index contributed by atoms with van der Waals surface area (Å²) in [6.07, 6.45) is 0. The van der Waals surface area contributed by atoms with Gasteiger partial charge in [0.15, 0.2) is 0 Å². The van der Waals surface area contributed by atoms with Crippen LogP contribution in [-0.2, 0) is 11.3 Å². The van der Waals surface area contributed by atoms with Crippen LogP contribution < -0.4 is 4.90 Å². The van der Waals surface area contributed by atoms with Gasteiger partial charge in [-0.3, -0.25) is 14.5 Å². The summed E-state index contributed by atoms with van der Waals surface area (Å²) in [5.41, 5.74) is 1.53. The van der Waals surface area contributed by atoms with Gasteiger partial charge in [0.05, 0.1) is 32.9 Å². The Hall–Kier alpha value is -1.55. The second-order valence-corrected chi connectivity index (χ2v) is 5.83. The highest BCUT2D eigenvalue weighted by atomic mass is 35.5. The van der Waals surface area contributed by atoms with E-state index in [1.165, 1.54) is 4.90 Å². The number of hydrogen-bond donors (Lipinski definition) is 0. The zero-order valence-corrected chi connectivity index (χ0v) is 12.8. The first-order valence-electron chi connectivity index (χ1n) is 6.07. The molecule has 0 fully saturated rings. The Morgan fingerprint density at radius 2 is 1.67 bits per heavy atom. The molecule has 3 rings (SSSR count). The summed E-state index contributed by atoms with van der Waals surface area (Å²) < 4.78 is 0. The molecular weight excluding hydrogens is 333 g/mol. The standard InChI is InChI=1S/C15H8Cl3NO2/c16-10-5-4-8(6-12(10)18)7-19-13-9(14(20)15(19)21)2-1-3-11(13)17/h1-6H,7H2. The zero-order valence-electron chi connectivity index (χ0n) is 10.6. The fourth-order valence-electron chi connectivity index (χ4n) is 2.28. The largest absolute Gasteiger partial charge is 0.299 e. The molecule has 1 heterocycles. The molecule has 0 N–H and O–H groups in total. The zero-order chi connectivity index (χ0) is 15.1. The van der Waals surface area contributed by atoms with E-state index in [1.54, 1.807) is 36.4 Å². The van der Waals surface area contributed by atoms with E-state index in [0.29, 0.717) is 26.3 Å². The maximum absolute atomic E-state index is 12.1. The quantitative estimate of drug-likeness (QED) is 0.761. The summed E-state index contributed by atoms with van der Waals surface area (Å²) in [4.78, 5) is 25.5. The van der Waals surface area contributed by atoms with E-state index in [9.17, 15) is 9.59 Å². The topological polar surface area (TPSA) is 37.4 Å². The van der Waals surface area contributed by atoms with E-state index in [2.05, 4.69) is 0 Å². The molecule has 0 bridgehead atoms. The number of halogens is 3. The molecule has 106 valence electrons. The average Bonchev–Trinajstić information content (AvgIpc) is 2.69. The molecule has 0 aliphatic carbocycles. The maximum Gasteiger partial charge on any atom is 0.299 e. The molecule has 1 aliphatic rings. The number of fused-ring (bicyclic) bond motifs is 1. The van der Waals surface area contributed by atoms with Crippen LogP contribution in [0.4, 0.5) is 5.69 Å². The predicted octanol–water partition coefficient (Wildman–Crippen LogP) is 4.38. The molecule has 6 heteroatoms. The molecular formula is C15H8Cl3NO2. The van der Waals surface area contributed by atoms with Crippen LogP contribution in [0, 0.1) is 0 Å². The molecule has 2 aromatic carbocycles. The first-order valence-corrected chi connectivity index (χ1v) is 7.21. The molecule has 0 saturated carbocycles. The Bertz CT molecular complexity index is 774. The van der Waals surface area contributed by atoms with Crippen molar-refractivity contribution in [1.29, 1.82) is 0 Å². The van der Waals surface area contributed by atoms with Crippen molar-refractivity contribution < 1.29 is 9.59 Å². The van der Waals surface area contributed by atoms with Crippen LogP contribution in [0.2, 0.25) is 15.1 Å². The summed E-state index contributed by atoms with van der Waals surface area (Å²) in [6, 6.07) is 9.95. The van der Waals surface area contributed by atoms with Crippen molar-refractivity contribution in [1.82, 2.24) is 0 Å². The van der Waals surface area contributed by atoms with Crippen LogP contribution >= 0.6 is 34.8 Å². The van der Waals surface area contributed by atoms with Crippen LogP contribution in [-0.4, -0.2) is 11.7 Å².